The van der Waals surface area contributed by atoms with Crippen molar-refractivity contribution in [2.45, 2.75) is 51.2 Å². The van der Waals surface area contributed by atoms with Crippen LogP contribution in [0.5, 0.6) is 51.7 Å². The number of aromatic amines is 1. The zero-order chi connectivity index (χ0) is 59.8. The van der Waals surface area contributed by atoms with E-state index in [1.807, 2.05) is 0 Å². The van der Waals surface area contributed by atoms with Crippen molar-refractivity contribution >= 4 is 67.2 Å². The fourth-order valence-electron chi connectivity index (χ4n) is 6.78. The van der Waals surface area contributed by atoms with Gasteiger partial charge in [0.2, 0.25) is 0 Å². The monoisotopic (exact) mass is 1150 g/mol. The average molecular weight is 1150 g/mol. The molecule has 0 bridgehead atoms. The first-order valence-electron chi connectivity index (χ1n) is 22.9. The Labute approximate surface area is 455 Å². The van der Waals surface area contributed by atoms with Crippen LogP contribution in [0.15, 0.2) is 102 Å². The first kappa shape index (κ1) is 63.2. The number of nitrogens with two attached hydrogens (primary N) is 1. The molecule has 2 aliphatic heterocycles. The molecule has 2 saturated heterocycles. The van der Waals surface area contributed by atoms with Gasteiger partial charge in [-0.1, -0.05) is 0 Å². The fourth-order valence-corrected chi connectivity index (χ4v) is 7.25. The Morgan fingerprint density at radius 1 is 0.600 bits per heavy atom. The number of halogens is 3. The topological polar surface area (TPSA) is 306 Å². The second-order valence-corrected chi connectivity index (χ2v) is 18.2. The Morgan fingerprint density at radius 2 is 1.07 bits per heavy atom. The zero-order valence-corrected chi connectivity index (χ0v) is 45.9. The summed E-state index contributed by atoms with van der Waals surface area (Å²) in [6.07, 6.45) is 3.64. The number of nitrogens with zero attached hydrogens (tertiary/aromatic N) is 1. The van der Waals surface area contributed by atoms with E-state index in [-0.39, 0.29) is 39.8 Å². The number of carbonyl (C=O) groups excluding carboxylic acids is 4. The Hall–Kier alpha value is -9.34. The van der Waals surface area contributed by atoms with Crippen LogP contribution in [-0.4, -0.2) is 116 Å². The molecule has 28 heteroatoms. The molecular weight excluding hydrogens is 1090 g/mol. The van der Waals surface area contributed by atoms with E-state index < -0.39 is 56.8 Å². The molecule has 4 aromatic carbocycles. The lowest BCUT2D eigenvalue weighted by molar-refractivity contribution is -0.231. The first-order valence-corrected chi connectivity index (χ1v) is 24.3. The summed E-state index contributed by atoms with van der Waals surface area (Å²) in [5.41, 5.74) is 1.62. The van der Waals surface area contributed by atoms with Gasteiger partial charge in [0.15, 0.2) is 16.8 Å². The number of benzene rings is 4. The second kappa shape index (κ2) is 27.3. The number of carbonyl (C=O) groups is 4. The third-order valence-corrected chi connectivity index (χ3v) is 11.3. The standard InChI is InChI=1S/C15H17NO6.C12H10F3NO5S.C11H11NO3.C8H11NO2.C6H8O4/c1-15(2)21-13(17)10(14(18)22-15)8-16-11-7-9(19-3)5-6-12(11)20-4;1-19-7-3-4-9(20-2)11-10(7)8(5-6-16-11)21-22(17,18)12(13,14)15;1-14-8-3-4-9(15-2)11-10(8)7(13)5-6-12-11;1-10-6-3-4-8(11-2)7(9)5-6;1-6(2)9-4(7)3-5(8)10-6/h5-8,16H,1-4H3;3-6H,1-2H3;3-6H,1-2H3,(H,12,13);3-5H,9H2,1-2H3;3H2,1-2H3. The van der Waals surface area contributed by atoms with Crippen LogP contribution in [0, 0.1) is 0 Å². The highest BCUT2D eigenvalue weighted by Gasteiger charge is 2.49. The van der Waals surface area contributed by atoms with Crippen LogP contribution in [0.1, 0.15) is 34.1 Å². The maximum atomic E-state index is 12.5. The van der Waals surface area contributed by atoms with Gasteiger partial charge in [0.1, 0.15) is 57.9 Å². The Kier molecular flexibility index (Phi) is 21.6. The number of rotatable bonds is 12. The van der Waals surface area contributed by atoms with E-state index in [1.165, 1.54) is 87.6 Å². The summed E-state index contributed by atoms with van der Waals surface area (Å²) in [5, 5.41) is 3.30. The number of fused-ring (bicyclic) bond motifs is 2. The van der Waals surface area contributed by atoms with Crippen molar-refractivity contribution in [2.24, 2.45) is 0 Å². The number of nitrogen functional groups attached to an aromatic ring is 1. The summed E-state index contributed by atoms with van der Waals surface area (Å²) >= 11 is 0. The molecule has 0 aliphatic carbocycles. The molecule has 4 heterocycles. The molecule has 2 fully saturated rings. The van der Waals surface area contributed by atoms with Crippen LogP contribution in [0.3, 0.4) is 0 Å². The van der Waals surface area contributed by atoms with Crippen LogP contribution in [0.2, 0.25) is 0 Å². The molecule has 4 N–H and O–H groups in total. The van der Waals surface area contributed by atoms with Crippen molar-refractivity contribution in [1.82, 2.24) is 9.97 Å². The van der Waals surface area contributed by atoms with E-state index in [2.05, 4.69) is 28.9 Å². The van der Waals surface area contributed by atoms with Gasteiger partial charge in [-0.25, -0.2) is 9.59 Å². The first-order chi connectivity index (χ1) is 37.6. The number of hydrogen-bond acceptors (Lipinski definition) is 23. The van der Waals surface area contributed by atoms with Crippen LogP contribution < -0.4 is 58.6 Å². The molecule has 8 rings (SSSR count). The number of H-pyrrole nitrogens is 1. The number of cyclic esters (lactones) is 4. The van der Waals surface area contributed by atoms with Gasteiger partial charge >= 0.3 is 39.5 Å². The van der Waals surface area contributed by atoms with Crippen LogP contribution in [0.4, 0.5) is 24.5 Å². The number of methoxy groups -OCH3 is 8. The molecule has 0 atom stereocenters. The molecule has 2 aromatic heterocycles. The number of hydrogen-bond donors (Lipinski definition) is 3. The van der Waals surface area contributed by atoms with E-state index in [4.69, 9.17) is 53.1 Å². The lowest BCUT2D eigenvalue weighted by atomic mass is 10.1. The van der Waals surface area contributed by atoms with Crippen molar-refractivity contribution in [3.05, 3.63) is 107 Å². The maximum absolute atomic E-state index is 12.5. The number of anilines is 2. The van der Waals surface area contributed by atoms with Crippen LogP contribution >= 0.6 is 0 Å². The molecule has 0 spiro atoms. The minimum Gasteiger partial charge on any atom is -0.497 e. The van der Waals surface area contributed by atoms with Gasteiger partial charge in [-0.3, -0.25) is 19.4 Å². The predicted molar refractivity (Wildman–Crippen MR) is 280 cm³/mol. The van der Waals surface area contributed by atoms with E-state index in [0.29, 0.717) is 51.0 Å². The molecule has 2 aliphatic rings. The molecule has 0 saturated carbocycles. The van der Waals surface area contributed by atoms with E-state index in [0.717, 1.165) is 18.0 Å². The number of alkyl halides is 3. The fraction of sp³-hybridized carbons (Fsp3) is 0.308. The summed E-state index contributed by atoms with van der Waals surface area (Å²) in [7, 11) is 6.11. The number of aromatic nitrogens is 2. The van der Waals surface area contributed by atoms with Gasteiger partial charge in [-0.05, 0) is 48.5 Å². The molecular formula is C52H57F3N4O20S. The molecule has 0 amide bonds. The summed E-state index contributed by atoms with van der Waals surface area (Å²) < 4.78 is 124. The summed E-state index contributed by atoms with van der Waals surface area (Å²) in [5.74, 6) is -1.43. The van der Waals surface area contributed by atoms with Crippen LogP contribution in [0.25, 0.3) is 21.8 Å². The third kappa shape index (κ3) is 16.6. The van der Waals surface area contributed by atoms with Gasteiger partial charge in [-0.2, -0.15) is 21.6 Å². The highest BCUT2D eigenvalue weighted by Crippen LogP contribution is 2.40. The Morgan fingerprint density at radius 3 is 1.57 bits per heavy atom. The minimum absolute atomic E-state index is 0.0443. The van der Waals surface area contributed by atoms with Gasteiger partial charge in [0.25, 0.3) is 11.6 Å². The van der Waals surface area contributed by atoms with E-state index >= 15 is 0 Å². The van der Waals surface area contributed by atoms with Crippen molar-refractivity contribution < 1.29 is 102 Å². The minimum atomic E-state index is -5.81. The van der Waals surface area contributed by atoms with Gasteiger partial charge in [0.05, 0.1) is 84.5 Å². The maximum Gasteiger partial charge on any atom is 0.534 e. The Bertz CT molecular complexity index is 3360. The smallest absolute Gasteiger partial charge is 0.497 e. The molecule has 0 radical (unpaired) electrons. The number of pyridine rings is 2. The molecule has 80 heavy (non-hydrogen) atoms. The predicted octanol–water partition coefficient (Wildman–Crippen LogP) is 7.36. The molecule has 24 nitrogen and oxygen atoms in total. The zero-order valence-electron chi connectivity index (χ0n) is 45.1. The number of esters is 4. The van der Waals surface area contributed by atoms with Crippen LogP contribution in [-0.2, 0) is 48.2 Å². The normalized spacial score (nSPS) is 14.0. The lowest BCUT2D eigenvalue weighted by Gasteiger charge is -2.29. The van der Waals surface area contributed by atoms with Crippen molar-refractivity contribution in [1.29, 1.82) is 0 Å². The average Bonchev–Trinajstić information content (AvgIpc) is 3.41. The molecule has 6 aromatic rings. The number of ether oxygens (including phenoxy) is 12. The highest BCUT2D eigenvalue weighted by atomic mass is 32.2. The van der Waals surface area contributed by atoms with Crippen molar-refractivity contribution in [2.75, 3.05) is 67.9 Å². The summed E-state index contributed by atoms with van der Waals surface area (Å²) in [6, 6.07) is 19.2. The largest absolute Gasteiger partial charge is 0.534 e. The van der Waals surface area contributed by atoms with Crippen molar-refractivity contribution in [3.8, 4) is 51.7 Å². The summed E-state index contributed by atoms with van der Waals surface area (Å²) in [4.78, 5) is 63.4. The molecule has 0 unspecified atom stereocenters. The molecule has 432 valence electrons. The van der Waals surface area contributed by atoms with E-state index in [9.17, 15) is 45.6 Å². The summed E-state index contributed by atoms with van der Waals surface area (Å²) in [6.45, 7) is 6.00. The third-order valence-electron chi connectivity index (χ3n) is 10.3. The van der Waals surface area contributed by atoms with Crippen molar-refractivity contribution in [3.63, 3.8) is 0 Å². The lowest BCUT2D eigenvalue weighted by Crippen LogP contribution is -2.42. The van der Waals surface area contributed by atoms with Gasteiger partial charge in [0, 0.05) is 70.6 Å². The van der Waals surface area contributed by atoms with E-state index in [1.54, 1.807) is 76.1 Å². The quantitative estimate of drug-likeness (QED) is 0.0205. The Balaban J connectivity index is 0.000000223. The van der Waals surface area contributed by atoms with Gasteiger partial charge < -0.3 is 77.1 Å². The highest BCUT2D eigenvalue weighted by molar-refractivity contribution is 7.88. The second-order valence-electron chi connectivity index (χ2n) is 16.6. The number of nitrogens with one attached hydrogen (secondary N) is 2. The van der Waals surface area contributed by atoms with Gasteiger partial charge in [-0.15, -0.1) is 0 Å². The SMILES string of the molecule is CC1(C)OC(=O)CC(=O)O1.COc1ccc(OC)c(N)c1.COc1ccc(OC)c(NC=C2C(=O)OC(C)(C)OC2=O)c1.COc1ccc(OC)c2c(=O)cc[nH]c12.COc1ccc(OC)c2c(OS(=O)(=O)C(F)(F)F)ccnc12.